The van der Waals surface area contributed by atoms with E-state index in [-0.39, 0.29) is 66.9 Å². The predicted octanol–water partition coefficient (Wildman–Crippen LogP) is 19.6. The summed E-state index contributed by atoms with van der Waals surface area (Å²) in [5, 5.41) is 0. The van der Waals surface area contributed by atoms with E-state index in [1.807, 2.05) is 6.92 Å². The lowest BCUT2D eigenvalue weighted by molar-refractivity contribution is -0.167. The van der Waals surface area contributed by atoms with Gasteiger partial charge in [0.1, 0.15) is 25.1 Å². The zero-order valence-corrected chi connectivity index (χ0v) is 52.6. The van der Waals surface area contributed by atoms with Crippen molar-refractivity contribution in [3.8, 4) is 0 Å². The molecule has 0 aromatic rings. The van der Waals surface area contributed by atoms with Crippen LogP contribution in [-0.4, -0.2) is 55.1 Å². The molecule has 0 N–H and O–H groups in total. The van der Waals surface area contributed by atoms with Crippen LogP contribution < -0.4 is 0 Å². The Hall–Kier alpha value is -2.97. The smallest absolute Gasteiger partial charge is 0.306 e. The standard InChI is InChI=1S/C71H122O9/c1-7-9-11-13-15-17-19-21-23-25-27-29-31-33-38-42-66(73)77-55-61(56-78-67(74)43-39-34-32-30-28-26-24-22-20-18-16-14-12-10-8-2)80-69(76)53-57(3)41-37-35-36-40-44-68(75)79-60-49-51-70(5)59(54-60)45-46-62-64-48-47-63(58(4)72)71(64,6)52-50-65(62)70/h21-24,57,59-65H,7-20,25-56H2,1-6H3/b23-21-,24-22-/t57?,59?,60-,62-,63+,64?,65?,70-,71+/m0/s1. The van der Waals surface area contributed by atoms with E-state index >= 15 is 0 Å². The van der Waals surface area contributed by atoms with Gasteiger partial charge in [-0.2, -0.15) is 0 Å². The molecule has 0 bridgehead atoms. The van der Waals surface area contributed by atoms with Gasteiger partial charge >= 0.3 is 23.9 Å². The number of unbranched alkanes of at least 4 members (excludes halogenated alkanes) is 25. The molecule has 4 aliphatic carbocycles. The lowest BCUT2D eigenvalue weighted by Gasteiger charge is -2.61. The monoisotopic (exact) mass is 1120 g/mol. The van der Waals surface area contributed by atoms with Crippen LogP contribution in [0.2, 0.25) is 0 Å². The van der Waals surface area contributed by atoms with Gasteiger partial charge in [0.05, 0.1) is 0 Å². The second kappa shape index (κ2) is 41.1. The van der Waals surface area contributed by atoms with E-state index in [1.54, 1.807) is 0 Å². The van der Waals surface area contributed by atoms with Crippen LogP contribution in [0, 0.1) is 46.3 Å². The fourth-order valence-corrected chi connectivity index (χ4v) is 15.3. The number of Topliss-reactive ketones (excluding diaryl/α,β-unsaturated/α-hetero) is 1. The number of ether oxygens (including phenoxy) is 4. The Bertz CT molecular complexity index is 1710. The van der Waals surface area contributed by atoms with E-state index in [2.05, 4.69) is 58.9 Å². The number of hydrogen-bond donors (Lipinski definition) is 0. The molecule has 0 aromatic heterocycles. The molecule has 4 rings (SSSR count). The predicted molar refractivity (Wildman–Crippen MR) is 328 cm³/mol. The summed E-state index contributed by atoms with van der Waals surface area (Å²) in [6.07, 6.45) is 55.7. The number of fused-ring (bicyclic) bond motifs is 5. The van der Waals surface area contributed by atoms with E-state index < -0.39 is 6.10 Å². The van der Waals surface area contributed by atoms with Crippen molar-refractivity contribution >= 4 is 29.7 Å². The second-order valence-corrected chi connectivity index (χ2v) is 26.7. The van der Waals surface area contributed by atoms with Crippen molar-refractivity contribution in [2.24, 2.45) is 46.3 Å². The van der Waals surface area contributed by atoms with Gasteiger partial charge in [-0.15, -0.1) is 0 Å². The lowest BCUT2D eigenvalue weighted by atomic mass is 9.44. The largest absolute Gasteiger partial charge is 0.462 e. The van der Waals surface area contributed by atoms with Gasteiger partial charge in [0.25, 0.3) is 0 Å². The molecule has 0 saturated heterocycles. The van der Waals surface area contributed by atoms with Crippen LogP contribution in [0.5, 0.6) is 0 Å². The first kappa shape index (κ1) is 69.5. The molecule has 9 heteroatoms. The Balaban J connectivity index is 1.08. The Morgan fingerprint density at radius 1 is 0.487 bits per heavy atom. The maximum Gasteiger partial charge on any atom is 0.306 e. The van der Waals surface area contributed by atoms with Crippen molar-refractivity contribution < 1.29 is 42.9 Å². The molecule has 0 heterocycles. The maximum atomic E-state index is 13.3. The summed E-state index contributed by atoms with van der Waals surface area (Å²) in [5.41, 5.74) is 0.501. The quantitative estimate of drug-likeness (QED) is 0.0254. The zero-order valence-electron chi connectivity index (χ0n) is 52.6. The van der Waals surface area contributed by atoms with Gasteiger partial charge in [-0.25, -0.2) is 0 Å². The SMILES string of the molecule is CCCCCCCC/C=C\CCCCCCCC(=O)OCC(COC(=O)CCCCCCC/C=C\CCCCCCCC)OC(=O)CC(C)CCCCCCC(=O)O[C@H]1CC[C@@]2(C)C(CC[C@@H]3C2CC[C@@]2(C)C3CC[C@@H]2C(C)=O)C1. The highest BCUT2D eigenvalue weighted by Gasteiger charge is 2.61. The highest BCUT2D eigenvalue weighted by molar-refractivity contribution is 5.79. The van der Waals surface area contributed by atoms with Crippen LogP contribution in [-0.2, 0) is 42.9 Å². The highest BCUT2D eigenvalue weighted by Crippen LogP contribution is 2.67. The minimum absolute atomic E-state index is 0.0304. The molecule has 0 aromatic carbocycles. The number of hydrogen-bond acceptors (Lipinski definition) is 9. The van der Waals surface area contributed by atoms with E-state index in [1.165, 1.54) is 135 Å². The third-order valence-corrected chi connectivity index (χ3v) is 20.2. The minimum Gasteiger partial charge on any atom is -0.462 e. The molecule has 0 radical (unpaired) electrons. The molecule has 4 unspecified atom stereocenters. The number of rotatable bonds is 46. The maximum absolute atomic E-state index is 13.3. The molecule has 4 saturated carbocycles. The molecule has 4 aliphatic rings. The van der Waals surface area contributed by atoms with Crippen LogP contribution in [0.15, 0.2) is 24.3 Å². The van der Waals surface area contributed by atoms with Gasteiger partial charge in [0, 0.05) is 31.6 Å². The number of carbonyl (C=O) groups is 5. The molecule has 0 aliphatic heterocycles. The summed E-state index contributed by atoms with van der Waals surface area (Å²) in [7, 11) is 0. The van der Waals surface area contributed by atoms with Crippen molar-refractivity contribution in [3.63, 3.8) is 0 Å². The third-order valence-electron chi connectivity index (χ3n) is 20.2. The van der Waals surface area contributed by atoms with Gasteiger partial charge in [0.2, 0.25) is 0 Å². The number of ketones is 1. The van der Waals surface area contributed by atoms with Crippen LogP contribution in [0.3, 0.4) is 0 Å². The average molecular weight is 1120 g/mol. The number of esters is 4. The van der Waals surface area contributed by atoms with Crippen LogP contribution in [0.4, 0.5) is 0 Å². The Kier molecular flexibility index (Phi) is 35.7. The molecule has 9 nitrogen and oxygen atoms in total. The lowest BCUT2D eigenvalue weighted by Crippen LogP contribution is -2.54. The average Bonchev–Trinajstić information content (AvgIpc) is 3.88. The van der Waals surface area contributed by atoms with Crippen molar-refractivity contribution in [3.05, 3.63) is 24.3 Å². The van der Waals surface area contributed by atoms with Crippen molar-refractivity contribution in [2.45, 2.75) is 336 Å². The van der Waals surface area contributed by atoms with Gasteiger partial charge in [-0.1, -0.05) is 187 Å². The van der Waals surface area contributed by atoms with Gasteiger partial charge < -0.3 is 18.9 Å². The second-order valence-electron chi connectivity index (χ2n) is 26.7. The summed E-state index contributed by atoms with van der Waals surface area (Å²) < 4.78 is 23.2. The first-order valence-corrected chi connectivity index (χ1v) is 34.3. The summed E-state index contributed by atoms with van der Waals surface area (Å²) in [6.45, 7) is 13.1. The third kappa shape index (κ3) is 26.7. The molecule has 0 spiro atoms. The van der Waals surface area contributed by atoms with E-state index in [0.29, 0.717) is 42.3 Å². The topological polar surface area (TPSA) is 122 Å². The van der Waals surface area contributed by atoms with Gasteiger partial charge in [-0.05, 0) is 176 Å². The normalized spacial score (nSPS) is 24.8. The minimum atomic E-state index is -0.845. The summed E-state index contributed by atoms with van der Waals surface area (Å²) in [6, 6.07) is 0. The van der Waals surface area contributed by atoms with Gasteiger partial charge in [-0.3, -0.25) is 24.0 Å². The van der Waals surface area contributed by atoms with E-state index in [0.717, 1.165) is 134 Å². The Labute approximate surface area is 490 Å². The fourth-order valence-electron chi connectivity index (χ4n) is 15.3. The molecule has 4 fully saturated rings. The number of carbonyl (C=O) groups excluding carboxylic acids is 5. The Morgan fingerprint density at radius 2 is 0.938 bits per heavy atom. The van der Waals surface area contributed by atoms with Crippen LogP contribution >= 0.6 is 0 Å². The van der Waals surface area contributed by atoms with E-state index in [4.69, 9.17) is 18.9 Å². The summed E-state index contributed by atoms with van der Waals surface area (Å²) >= 11 is 0. The van der Waals surface area contributed by atoms with Crippen molar-refractivity contribution in [2.75, 3.05) is 13.2 Å². The summed E-state index contributed by atoms with van der Waals surface area (Å²) in [5.74, 6) is 2.45. The van der Waals surface area contributed by atoms with Crippen molar-refractivity contribution in [1.29, 1.82) is 0 Å². The number of allylic oxidation sites excluding steroid dienone is 4. The molecule has 9 atom stereocenters. The molecule has 460 valence electrons. The van der Waals surface area contributed by atoms with E-state index in [9.17, 15) is 24.0 Å². The first-order chi connectivity index (χ1) is 38.8. The van der Waals surface area contributed by atoms with Crippen LogP contribution in [0.1, 0.15) is 324 Å². The van der Waals surface area contributed by atoms with Crippen LogP contribution in [0.25, 0.3) is 0 Å². The molecular formula is C71H122O9. The van der Waals surface area contributed by atoms with Gasteiger partial charge in [0.15, 0.2) is 6.10 Å². The molecular weight excluding hydrogens is 997 g/mol. The first-order valence-electron chi connectivity index (χ1n) is 34.3. The zero-order chi connectivity index (χ0) is 57.7. The molecule has 0 amide bonds. The summed E-state index contributed by atoms with van der Waals surface area (Å²) in [4.78, 5) is 64.5. The van der Waals surface area contributed by atoms with Crippen molar-refractivity contribution in [1.82, 2.24) is 0 Å². The molecule has 80 heavy (non-hydrogen) atoms. The Morgan fingerprint density at radius 3 is 1.45 bits per heavy atom. The fraction of sp³-hybridized carbons (Fsp3) is 0.873. The highest BCUT2D eigenvalue weighted by atomic mass is 16.6.